The van der Waals surface area contributed by atoms with Gasteiger partial charge in [-0.3, -0.25) is 9.78 Å². The van der Waals surface area contributed by atoms with Crippen LogP contribution in [0, 0.1) is 19.3 Å². The Hall–Kier alpha value is -4.38. The molecular weight excluding hydrogens is 443 g/mol. The number of piperazine rings is 1. The van der Waals surface area contributed by atoms with Crippen LogP contribution in [0.25, 0.3) is 37.8 Å². The quantitative estimate of drug-likeness (QED) is 0.329. The second-order valence-corrected chi connectivity index (χ2v) is 8.54. The van der Waals surface area contributed by atoms with Crippen LogP contribution in [0.4, 0.5) is 10.2 Å². The molecule has 7 nitrogen and oxygen atoms in total. The van der Waals surface area contributed by atoms with Gasteiger partial charge < -0.3 is 14.6 Å². The number of halogens is 1. The molecule has 0 spiro atoms. The Morgan fingerprint density at radius 1 is 1.23 bits per heavy atom. The molecule has 1 saturated heterocycles. The van der Waals surface area contributed by atoms with E-state index in [-0.39, 0.29) is 29.7 Å². The number of amides is 1. The predicted octanol–water partition coefficient (Wildman–Crippen LogP) is 4.42. The molecule has 1 aliphatic heterocycles. The number of pyridine rings is 1. The maximum absolute atomic E-state index is 15.9. The van der Waals surface area contributed by atoms with Gasteiger partial charge in [0.05, 0.1) is 5.39 Å². The smallest absolute Gasteiger partial charge is 0.246 e. The minimum Gasteiger partial charge on any atom is -0.352 e. The van der Waals surface area contributed by atoms with Crippen LogP contribution in [0.3, 0.4) is 0 Å². The van der Waals surface area contributed by atoms with E-state index in [2.05, 4.69) is 26.4 Å². The lowest BCUT2D eigenvalue weighted by Gasteiger charge is -2.39. The molecule has 0 bridgehead atoms. The van der Waals surface area contributed by atoms with Gasteiger partial charge in [0.2, 0.25) is 12.5 Å². The lowest BCUT2D eigenvalue weighted by molar-refractivity contribution is -0.128. The summed E-state index contributed by atoms with van der Waals surface area (Å²) in [6.07, 6.45) is 4.23. The number of nitrogens with zero attached hydrogens (tertiary/aromatic N) is 6. The molecule has 8 heteroatoms. The molecule has 1 atom stereocenters. The summed E-state index contributed by atoms with van der Waals surface area (Å²) in [6, 6.07) is 11.4. The minimum absolute atomic E-state index is 0.163. The Bertz CT molecular complexity index is 1510. The van der Waals surface area contributed by atoms with Crippen molar-refractivity contribution in [1.29, 1.82) is 0 Å². The molecule has 5 rings (SSSR count). The van der Waals surface area contributed by atoms with Crippen molar-refractivity contribution in [3.05, 3.63) is 84.4 Å². The van der Waals surface area contributed by atoms with Gasteiger partial charge in [0, 0.05) is 31.4 Å². The summed E-state index contributed by atoms with van der Waals surface area (Å²) in [5.41, 5.74) is 2.20. The number of aromatic nitrogens is 3. The molecule has 0 saturated carbocycles. The zero-order valence-electron chi connectivity index (χ0n) is 19.3. The standard InChI is InChI=1S/C27H23FN6O/c1-4-22(35)34-12-11-33(15-19(34)13-29-3)27-21-14-30-25(24(28)26(21)31-16-32-27)20-10-6-9-18-8-5-7-17(2)23(18)20/h4-10,14,16,19H,1,11-13,15H2,2H3/t19-/m0/s1. The fraction of sp³-hybridized carbons (Fsp3) is 0.222. The van der Waals surface area contributed by atoms with E-state index >= 15 is 4.39 Å². The van der Waals surface area contributed by atoms with Gasteiger partial charge in [0.25, 0.3) is 0 Å². The minimum atomic E-state index is -0.500. The van der Waals surface area contributed by atoms with Crippen LogP contribution in [-0.4, -0.2) is 58.0 Å². The van der Waals surface area contributed by atoms with E-state index in [9.17, 15) is 4.79 Å². The van der Waals surface area contributed by atoms with Gasteiger partial charge >= 0.3 is 0 Å². The van der Waals surface area contributed by atoms with Crippen molar-refractivity contribution in [3.8, 4) is 11.3 Å². The number of rotatable bonds is 4. The van der Waals surface area contributed by atoms with Crippen molar-refractivity contribution in [3.63, 3.8) is 0 Å². The number of anilines is 1. The Labute approximate surface area is 202 Å². The van der Waals surface area contributed by atoms with Gasteiger partial charge in [-0.05, 0) is 29.3 Å². The van der Waals surface area contributed by atoms with Crippen LogP contribution in [0.2, 0.25) is 0 Å². The second-order valence-electron chi connectivity index (χ2n) is 8.54. The molecular formula is C27H23FN6O. The number of carbonyl (C=O) groups excluding carboxylic acids is 1. The highest BCUT2D eigenvalue weighted by Crippen LogP contribution is 2.35. The van der Waals surface area contributed by atoms with E-state index in [1.807, 2.05) is 48.2 Å². The second kappa shape index (κ2) is 9.11. The SMILES string of the molecule is [C-]#[N+]C[C@H]1CN(c2ncnc3c(F)c(-c4cccc5cccc(C)c45)ncc23)CCN1C(=O)C=C. The molecule has 1 amide bonds. The summed E-state index contributed by atoms with van der Waals surface area (Å²) in [4.78, 5) is 32.6. The van der Waals surface area contributed by atoms with E-state index in [1.165, 1.54) is 12.4 Å². The number of carbonyl (C=O) groups is 1. The fourth-order valence-electron chi connectivity index (χ4n) is 4.86. The van der Waals surface area contributed by atoms with Crippen LogP contribution < -0.4 is 4.90 Å². The zero-order valence-corrected chi connectivity index (χ0v) is 19.3. The largest absolute Gasteiger partial charge is 0.352 e. The molecule has 1 aliphatic rings. The fourth-order valence-corrected chi connectivity index (χ4v) is 4.86. The summed E-state index contributed by atoms with van der Waals surface area (Å²) in [5, 5.41) is 2.47. The van der Waals surface area contributed by atoms with Crippen LogP contribution in [0.15, 0.2) is 61.6 Å². The Balaban J connectivity index is 1.58. The van der Waals surface area contributed by atoms with E-state index in [1.54, 1.807) is 11.1 Å². The summed E-state index contributed by atoms with van der Waals surface area (Å²) in [5.74, 6) is -0.156. The number of fused-ring (bicyclic) bond motifs is 2. The first-order valence-electron chi connectivity index (χ1n) is 11.3. The van der Waals surface area contributed by atoms with E-state index in [0.29, 0.717) is 36.4 Å². The maximum Gasteiger partial charge on any atom is 0.246 e. The van der Waals surface area contributed by atoms with Crippen molar-refractivity contribution < 1.29 is 9.18 Å². The molecule has 0 N–H and O–H groups in total. The average molecular weight is 467 g/mol. The maximum atomic E-state index is 15.9. The lowest BCUT2D eigenvalue weighted by atomic mass is 9.97. The van der Waals surface area contributed by atoms with Crippen molar-refractivity contribution in [1.82, 2.24) is 19.9 Å². The average Bonchev–Trinajstić information content (AvgIpc) is 2.88. The topological polar surface area (TPSA) is 66.6 Å². The van der Waals surface area contributed by atoms with Crippen LogP contribution in [-0.2, 0) is 4.79 Å². The van der Waals surface area contributed by atoms with Crippen molar-refractivity contribution in [2.45, 2.75) is 13.0 Å². The Kier molecular flexibility index (Phi) is 5.83. The lowest BCUT2D eigenvalue weighted by Crippen LogP contribution is -2.56. The normalized spacial score (nSPS) is 15.9. The monoisotopic (exact) mass is 466 g/mol. The Morgan fingerprint density at radius 3 is 2.80 bits per heavy atom. The zero-order chi connectivity index (χ0) is 24.5. The van der Waals surface area contributed by atoms with Gasteiger partial charge in [-0.15, -0.1) is 0 Å². The molecule has 0 aliphatic carbocycles. The number of hydrogen-bond donors (Lipinski definition) is 0. The van der Waals surface area contributed by atoms with Gasteiger partial charge in [-0.2, -0.15) is 0 Å². The molecule has 1 fully saturated rings. The van der Waals surface area contributed by atoms with Crippen molar-refractivity contribution in [2.24, 2.45) is 0 Å². The summed E-state index contributed by atoms with van der Waals surface area (Å²) in [7, 11) is 0. The molecule has 0 radical (unpaired) electrons. The van der Waals surface area contributed by atoms with Crippen LogP contribution in [0.1, 0.15) is 5.56 Å². The summed E-state index contributed by atoms with van der Waals surface area (Å²) >= 11 is 0. The molecule has 2 aromatic heterocycles. The van der Waals surface area contributed by atoms with Gasteiger partial charge in [0.15, 0.2) is 5.82 Å². The van der Waals surface area contributed by atoms with Crippen molar-refractivity contribution in [2.75, 3.05) is 31.1 Å². The summed E-state index contributed by atoms with van der Waals surface area (Å²) < 4.78 is 15.9. The third-order valence-electron chi connectivity index (χ3n) is 6.51. The van der Waals surface area contributed by atoms with Crippen molar-refractivity contribution >= 4 is 33.4 Å². The van der Waals surface area contributed by atoms with Gasteiger partial charge in [-0.25, -0.2) is 20.9 Å². The first kappa shape index (κ1) is 22.4. The molecule has 174 valence electrons. The Morgan fingerprint density at radius 2 is 2.03 bits per heavy atom. The number of benzene rings is 2. The van der Waals surface area contributed by atoms with Crippen LogP contribution in [0.5, 0.6) is 0 Å². The highest BCUT2D eigenvalue weighted by molar-refractivity contribution is 6.00. The van der Waals surface area contributed by atoms with Crippen LogP contribution >= 0.6 is 0 Å². The number of aryl methyl sites for hydroxylation is 1. The van der Waals surface area contributed by atoms with Gasteiger partial charge in [0.1, 0.15) is 29.4 Å². The molecule has 35 heavy (non-hydrogen) atoms. The van der Waals surface area contributed by atoms with E-state index in [4.69, 9.17) is 6.57 Å². The van der Waals surface area contributed by atoms with Gasteiger partial charge in [-0.1, -0.05) is 43.0 Å². The molecule has 4 aromatic rings. The molecule has 2 aromatic carbocycles. The first-order chi connectivity index (χ1) is 17.0. The third-order valence-corrected chi connectivity index (χ3v) is 6.51. The van der Waals surface area contributed by atoms with E-state index < -0.39 is 5.82 Å². The van der Waals surface area contributed by atoms with E-state index in [0.717, 1.165) is 16.3 Å². The third kappa shape index (κ3) is 3.85. The first-order valence-corrected chi connectivity index (χ1v) is 11.3. The molecule has 0 unspecified atom stereocenters. The number of hydrogen-bond acceptors (Lipinski definition) is 5. The predicted molar refractivity (Wildman–Crippen MR) is 134 cm³/mol. The summed E-state index contributed by atoms with van der Waals surface area (Å²) in [6.45, 7) is 14.3. The highest BCUT2D eigenvalue weighted by Gasteiger charge is 2.33. The molecule has 3 heterocycles. The highest BCUT2D eigenvalue weighted by atomic mass is 19.1.